The second-order valence-corrected chi connectivity index (χ2v) is 4.98. The number of rotatable bonds is 5. The molecule has 0 atom stereocenters. The first kappa shape index (κ1) is 11.5. The smallest absolute Gasteiger partial charge is 0.240 e. The van der Waals surface area contributed by atoms with E-state index < -0.39 is 5.54 Å². The second-order valence-electron chi connectivity index (χ2n) is 4.98. The minimum atomic E-state index is -0.588. The molecule has 0 unspecified atom stereocenters. The molecule has 0 bridgehead atoms. The monoisotopic (exact) mass is 200 g/mol. The van der Waals surface area contributed by atoms with Gasteiger partial charge in [-0.3, -0.25) is 4.79 Å². The molecule has 0 aliphatic heterocycles. The number of hydrogen-bond acceptors (Lipinski definition) is 3. The number of nitrogens with one attached hydrogen (secondary N) is 1. The summed E-state index contributed by atoms with van der Waals surface area (Å²) >= 11 is 0. The highest BCUT2D eigenvalue weighted by Crippen LogP contribution is 2.32. The van der Waals surface area contributed by atoms with Crippen LogP contribution in [0.15, 0.2) is 0 Å². The van der Waals surface area contributed by atoms with E-state index in [1.807, 2.05) is 13.8 Å². The maximum absolute atomic E-state index is 11.5. The van der Waals surface area contributed by atoms with Crippen molar-refractivity contribution >= 4 is 5.91 Å². The Morgan fingerprint density at radius 2 is 2.14 bits per heavy atom. The molecule has 0 saturated heterocycles. The molecule has 82 valence electrons. The Bertz CT molecular complexity index is 222. The van der Waals surface area contributed by atoms with E-state index in [1.165, 1.54) is 0 Å². The van der Waals surface area contributed by atoms with Gasteiger partial charge in [0.2, 0.25) is 5.91 Å². The third kappa shape index (κ3) is 2.96. The zero-order valence-corrected chi connectivity index (χ0v) is 8.97. The van der Waals surface area contributed by atoms with Gasteiger partial charge in [0.15, 0.2) is 0 Å². The van der Waals surface area contributed by atoms with Crippen LogP contribution in [0, 0.1) is 5.41 Å². The number of carbonyl (C=O) groups is 1. The Hall–Kier alpha value is -0.610. The van der Waals surface area contributed by atoms with E-state index in [-0.39, 0.29) is 17.9 Å². The molecule has 0 aromatic carbocycles. The van der Waals surface area contributed by atoms with Gasteiger partial charge in [-0.25, -0.2) is 0 Å². The van der Waals surface area contributed by atoms with Crippen LogP contribution in [0.25, 0.3) is 0 Å². The molecule has 1 rings (SSSR count). The SMILES string of the molecule is CC(C)(CCO)CNC(=O)C1(N)CC1. The van der Waals surface area contributed by atoms with Gasteiger partial charge in [-0.2, -0.15) is 0 Å². The maximum atomic E-state index is 11.5. The molecule has 14 heavy (non-hydrogen) atoms. The van der Waals surface area contributed by atoms with Crippen LogP contribution in [-0.2, 0) is 4.79 Å². The van der Waals surface area contributed by atoms with Crippen molar-refractivity contribution in [3.05, 3.63) is 0 Å². The Balaban J connectivity index is 2.29. The van der Waals surface area contributed by atoms with Crippen LogP contribution < -0.4 is 11.1 Å². The van der Waals surface area contributed by atoms with Crippen molar-refractivity contribution in [3.63, 3.8) is 0 Å². The van der Waals surface area contributed by atoms with Crippen LogP contribution in [0.3, 0.4) is 0 Å². The van der Waals surface area contributed by atoms with E-state index in [9.17, 15) is 4.79 Å². The lowest BCUT2D eigenvalue weighted by Gasteiger charge is -2.24. The van der Waals surface area contributed by atoms with Gasteiger partial charge in [0, 0.05) is 13.2 Å². The normalized spacial score (nSPS) is 19.1. The van der Waals surface area contributed by atoms with Gasteiger partial charge in [-0.05, 0) is 24.7 Å². The third-order valence-electron chi connectivity index (χ3n) is 2.76. The Labute approximate surface area is 84.9 Å². The van der Waals surface area contributed by atoms with E-state index in [0.717, 1.165) is 12.8 Å². The lowest BCUT2D eigenvalue weighted by Crippen LogP contribution is -2.45. The standard InChI is InChI=1S/C10H20N2O2/c1-9(2,5-6-13)7-12-8(14)10(11)3-4-10/h13H,3-7,11H2,1-2H3,(H,12,14). The van der Waals surface area contributed by atoms with Crippen LogP contribution in [0.5, 0.6) is 0 Å². The fourth-order valence-corrected chi connectivity index (χ4v) is 1.25. The van der Waals surface area contributed by atoms with Gasteiger partial charge in [-0.15, -0.1) is 0 Å². The number of aliphatic hydroxyl groups is 1. The third-order valence-corrected chi connectivity index (χ3v) is 2.76. The molecular weight excluding hydrogens is 180 g/mol. The first-order chi connectivity index (χ1) is 6.40. The highest BCUT2D eigenvalue weighted by atomic mass is 16.3. The average Bonchev–Trinajstić information content (AvgIpc) is 2.81. The predicted molar refractivity (Wildman–Crippen MR) is 54.6 cm³/mol. The van der Waals surface area contributed by atoms with Gasteiger partial charge in [0.25, 0.3) is 0 Å². The van der Waals surface area contributed by atoms with Crippen LogP contribution in [0.4, 0.5) is 0 Å². The zero-order valence-electron chi connectivity index (χ0n) is 8.97. The highest BCUT2D eigenvalue weighted by molar-refractivity contribution is 5.88. The van der Waals surface area contributed by atoms with Gasteiger partial charge >= 0.3 is 0 Å². The number of nitrogens with two attached hydrogens (primary N) is 1. The molecule has 0 aromatic heterocycles. The van der Waals surface area contributed by atoms with Crippen LogP contribution >= 0.6 is 0 Å². The van der Waals surface area contributed by atoms with Crippen molar-refractivity contribution in [1.29, 1.82) is 0 Å². The van der Waals surface area contributed by atoms with Crippen LogP contribution in [0.2, 0.25) is 0 Å². The quantitative estimate of drug-likeness (QED) is 0.585. The van der Waals surface area contributed by atoms with E-state index in [2.05, 4.69) is 5.32 Å². The molecule has 4 nitrogen and oxygen atoms in total. The summed E-state index contributed by atoms with van der Waals surface area (Å²) in [6, 6.07) is 0. The van der Waals surface area contributed by atoms with Crippen molar-refractivity contribution in [2.75, 3.05) is 13.2 Å². The average molecular weight is 200 g/mol. The summed E-state index contributed by atoms with van der Waals surface area (Å²) in [5.41, 5.74) is 5.08. The van der Waals surface area contributed by atoms with Crippen LogP contribution in [0.1, 0.15) is 33.1 Å². The number of aliphatic hydroxyl groups excluding tert-OH is 1. The highest BCUT2D eigenvalue weighted by Gasteiger charge is 2.46. The molecule has 0 spiro atoms. The number of hydrogen-bond donors (Lipinski definition) is 3. The van der Waals surface area contributed by atoms with Gasteiger partial charge in [0.05, 0.1) is 5.54 Å². The molecule has 1 amide bonds. The molecule has 4 heteroatoms. The molecular formula is C10H20N2O2. The number of carbonyl (C=O) groups excluding carboxylic acids is 1. The minimum absolute atomic E-state index is 0.0523. The Kier molecular flexibility index (Phi) is 3.17. The molecule has 0 aromatic rings. The lowest BCUT2D eigenvalue weighted by molar-refractivity contribution is -0.123. The minimum Gasteiger partial charge on any atom is -0.396 e. The summed E-state index contributed by atoms with van der Waals surface area (Å²) in [5, 5.41) is 11.6. The van der Waals surface area contributed by atoms with Crippen molar-refractivity contribution < 1.29 is 9.90 Å². The van der Waals surface area contributed by atoms with Crippen molar-refractivity contribution in [3.8, 4) is 0 Å². The van der Waals surface area contributed by atoms with E-state index in [0.29, 0.717) is 13.0 Å². The van der Waals surface area contributed by atoms with Gasteiger partial charge in [0.1, 0.15) is 0 Å². The largest absolute Gasteiger partial charge is 0.396 e. The number of amides is 1. The van der Waals surface area contributed by atoms with E-state index in [4.69, 9.17) is 10.8 Å². The fourth-order valence-electron chi connectivity index (χ4n) is 1.25. The van der Waals surface area contributed by atoms with Crippen LogP contribution in [-0.4, -0.2) is 29.7 Å². The zero-order chi connectivity index (χ0) is 10.8. The fraction of sp³-hybridized carbons (Fsp3) is 0.900. The topological polar surface area (TPSA) is 75.3 Å². The predicted octanol–water partition coefficient (Wildman–Crippen LogP) is 0.00250. The molecule has 4 N–H and O–H groups in total. The van der Waals surface area contributed by atoms with E-state index in [1.54, 1.807) is 0 Å². The van der Waals surface area contributed by atoms with Crippen molar-refractivity contribution in [2.45, 2.75) is 38.6 Å². The summed E-state index contributed by atoms with van der Waals surface area (Å²) < 4.78 is 0. The molecule has 1 fully saturated rings. The Morgan fingerprint density at radius 3 is 2.57 bits per heavy atom. The van der Waals surface area contributed by atoms with E-state index >= 15 is 0 Å². The first-order valence-corrected chi connectivity index (χ1v) is 5.08. The Morgan fingerprint density at radius 1 is 1.57 bits per heavy atom. The summed E-state index contributed by atoms with van der Waals surface area (Å²) in [5.74, 6) is -0.0523. The first-order valence-electron chi connectivity index (χ1n) is 5.08. The van der Waals surface area contributed by atoms with Crippen molar-refractivity contribution in [2.24, 2.45) is 11.1 Å². The summed E-state index contributed by atoms with van der Waals surface area (Å²) in [7, 11) is 0. The second kappa shape index (κ2) is 3.87. The molecule has 1 saturated carbocycles. The lowest BCUT2D eigenvalue weighted by atomic mass is 9.89. The molecule has 1 aliphatic rings. The van der Waals surface area contributed by atoms with Crippen molar-refractivity contribution in [1.82, 2.24) is 5.32 Å². The van der Waals surface area contributed by atoms with Gasteiger partial charge < -0.3 is 16.2 Å². The molecule has 1 aliphatic carbocycles. The summed E-state index contributed by atoms with van der Waals surface area (Å²) in [6.45, 7) is 4.75. The van der Waals surface area contributed by atoms with Gasteiger partial charge in [-0.1, -0.05) is 13.8 Å². The summed E-state index contributed by atoms with van der Waals surface area (Å²) in [6.07, 6.45) is 2.27. The molecule has 0 heterocycles. The molecule has 0 radical (unpaired) electrons. The summed E-state index contributed by atoms with van der Waals surface area (Å²) in [4.78, 5) is 11.5. The maximum Gasteiger partial charge on any atom is 0.240 e.